The molecule has 0 saturated carbocycles. The van der Waals surface area contributed by atoms with Crippen LogP contribution in [-0.4, -0.2) is 25.2 Å². The maximum absolute atomic E-state index is 11.5. The first-order chi connectivity index (χ1) is 7.19. The summed E-state index contributed by atoms with van der Waals surface area (Å²) in [5, 5.41) is 0. The zero-order valence-corrected chi connectivity index (χ0v) is 9.12. The molecular weight excluding hydrogens is 196 g/mol. The molecule has 0 saturated heterocycles. The fraction of sp³-hybridized carbons (Fsp3) is 0.636. The lowest BCUT2D eigenvalue weighted by molar-refractivity contribution is -0.163. The number of rotatable bonds is 4. The van der Waals surface area contributed by atoms with E-state index in [1.54, 1.807) is 6.92 Å². The molecule has 1 atom stereocenters. The third-order valence-corrected chi connectivity index (χ3v) is 2.39. The van der Waals surface area contributed by atoms with Crippen LogP contribution in [0.5, 0.6) is 0 Å². The number of hydrogen-bond donors (Lipinski definition) is 0. The second-order valence-corrected chi connectivity index (χ2v) is 3.45. The average molecular weight is 212 g/mol. The van der Waals surface area contributed by atoms with Crippen LogP contribution >= 0.6 is 0 Å². The maximum atomic E-state index is 11.5. The Morgan fingerprint density at radius 2 is 2.27 bits per heavy atom. The van der Waals surface area contributed by atoms with Gasteiger partial charge in [-0.05, 0) is 25.7 Å². The average Bonchev–Trinajstić information content (AvgIpc) is 2.77. The predicted octanol–water partition coefficient (Wildman–Crippen LogP) is 1.59. The fourth-order valence-electron chi connectivity index (χ4n) is 1.49. The Morgan fingerprint density at radius 1 is 1.53 bits per heavy atom. The first-order valence-electron chi connectivity index (χ1n) is 5.16. The lowest BCUT2D eigenvalue weighted by atomic mass is 10.2. The SMILES string of the molecule is CC[C@@H](OC(=O)C1=CCCC1)C(=O)OC. The summed E-state index contributed by atoms with van der Waals surface area (Å²) >= 11 is 0. The van der Waals surface area contributed by atoms with Crippen LogP contribution in [-0.2, 0) is 19.1 Å². The number of esters is 2. The van der Waals surface area contributed by atoms with Crippen LogP contribution in [0.15, 0.2) is 11.6 Å². The Bertz CT molecular complexity index is 280. The molecule has 0 spiro atoms. The quantitative estimate of drug-likeness (QED) is 0.664. The van der Waals surface area contributed by atoms with E-state index in [1.807, 2.05) is 6.08 Å². The van der Waals surface area contributed by atoms with Gasteiger partial charge in [0.25, 0.3) is 0 Å². The van der Waals surface area contributed by atoms with E-state index in [4.69, 9.17) is 4.74 Å². The normalized spacial score (nSPS) is 16.8. The molecule has 0 aromatic heterocycles. The molecule has 15 heavy (non-hydrogen) atoms. The van der Waals surface area contributed by atoms with E-state index < -0.39 is 12.1 Å². The van der Waals surface area contributed by atoms with E-state index >= 15 is 0 Å². The first kappa shape index (κ1) is 11.8. The van der Waals surface area contributed by atoms with Gasteiger partial charge in [-0.1, -0.05) is 13.0 Å². The Kier molecular flexibility index (Phi) is 4.34. The van der Waals surface area contributed by atoms with Crippen LogP contribution in [0, 0.1) is 0 Å². The molecule has 0 N–H and O–H groups in total. The molecule has 1 rings (SSSR count). The van der Waals surface area contributed by atoms with Gasteiger partial charge in [-0.2, -0.15) is 0 Å². The van der Waals surface area contributed by atoms with Crippen LogP contribution in [0.3, 0.4) is 0 Å². The van der Waals surface area contributed by atoms with Gasteiger partial charge in [0.1, 0.15) is 0 Å². The smallest absolute Gasteiger partial charge is 0.347 e. The molecule has 0 unspecified atom stereocenters. The number of methoxy groups -OCH3 is 1. The molecular formula is C11H16O4. The molecule has 0 aliphatic heterocycles. The highest BCUT2D eigenvalue weighted by Crippen LogP contribution is 2.19. The minimum Gasteiger partial charge on any atom is -0.466 e. The molecule has 4 heteroatoms. The second kappa shape index (κ2) is 5.53. The van der Waals surface area contributed by atoms with Crippen molar-refractivity contribution in [2.24, 2.45) is 0 Å². The van der Waals surface area contributed by atoms with Crippen LogP contribution in [0.4, 0.5) is 0 Å². The Morgan fingerprint density at radius 3 is 2.73 bits per heavy atom. The summed E-state index contributed by atoms with van der Waals surface area (Å²) < 4.78 is 9.59. The lowest BCUT2D eigenvalue weighted by Gasteiger charge is -2.13. The molecule has 0 heterocycles. The van der Waals surface area contributed by atoms with Crippen molar-refractivity contribution in [2.45, 2.75) is 38.7 Å². The van der Waals surface area contributed by atoms with E-state index in [0.29, 0.717) is 12.0 Å². The zero-order chi connectivity index (χ0) is 11.3. The van der Waals surface area contributed by atoms with Gasteiger partial charge in [0.15, 0.2) is 6.10 Å². The Balaban J connectivity index is 2.51. The monoisotopic (exact) mass is 212 g/mol. The highest BCUT2D eigenvalue weighted by molar-refractivity contribution is 5.91. The lowest BCUT2D eigenvalue weighted by Crippen LogP contribution is -2.28. The van der Waals surface area contributed by atoms with Gasteiger partial charge >= 0.3 is 11.9 Å². The zero-order valence-electron chi connectivity index (χ0n) is 9.12. The highest BCUT2D eigenvalue weighted by Gasteiger charge is 2.24. The summed E-state index contributed by atoms with van der Waals surface area (Å²) in [6, 6.07) is 0. The van der Waals surface area contributed by atoms with E-state index in [0.717, 1.165) is 19.3 Å². The topological polar surface area (TPSA) is 52.6 Å². The number of carbonyl (C=O) groups excluding carboxylic acids is 2. The predicted molar refractivity (Wildman–Crippen MR) is 54.1 cm³/mol. The molecule has 0 bridgehead atoms. The standard InChI is InChI=1S/C11H16O4/c1-3-9(11(13)14-2)15-10(12)8-6-4-5-7-8/h6,9H,3-5,7H2,1-2H3/t9-/m1/s1. The highest BCUT2D eigenvalue weighted by atomic mass is 16.6. The molecule has 1 aliphatic carbocycles. The Hall–Kier alpha value is -1.32. The van der Waals surface area contributed by atoms with E-state index in [2.05, 4.69) is 4.74 Å². The summed E-state index contributed by atoms with van der Waals surface area (Å²) in [6.45, 7) is 1.78. The molecule has 0 fully saturated rings. The molecule has 1 aliphatic rings. The summed E-state index contributed by atoms with van der Waals surface area (Å²) in [5.74, 6) is -0.880. The van der Waals surface area contributed by atoms with Crippen LogP contribution < -0.4 is 0 Å². The summed E-state index contributed by atoms with van der Waals surface area (Å²) in [7, 11) is 1.29. The molecule has 0 aromatic carbocycles. The number of hydrogen-bond acceptors (Lipinski definition) is 4. The van der Waals surface area contributed by atoms with Gasteiger partial charge in [-0.25, -0.2) is 9.59 Å². The van der Waals surface area contributed by atoms with Crippen molar-refractivity contribution < 1.29 is 19.1 Å². The van der Waals surface area contributed by atoms with Gasteiger partial charge in [0.2, 0.25) is 0 Å². The van der Waals surface area contributed by atoms with Crippen molar-refractivity contribution >= 4 is 11.9 Å². The number of ether oxygens (including phenoxy) is 2. The van der Waals surface area contributed by atoms with Gasteiger partial charge < -0.3 is 9.47 Å². The maximum Gasteiger partial charge on any atom is 0.347 e. The van der Waals surface area contributed by atoms with Crippen molar-refractivity contribution in [3.05, 3.63) is 11.6 Å². The number of carbonyl (C=O) groups is 2. The first-order valence-corrected chi connectivity index (χ1v) is 5.16. The van der Waals surface area contributed by atoms with Gasteiger partial charge in [-0.15, -0.1) is 0 Å². The largest absolute Gasteiger partial charge is 0.466 e. The minimum absolute atomic E-state index is 0.384. The summed E-state index contributed by atoms with van der Waals surface area (Å²) in [6.07, 6.45) is 4.18. The minimum atomic E-state index is -0.774. The third-order valence-electron chi connectivity index (χ3n) is 2.39. The second-order valence-electron chi connectivity index (χ2n) is 3.45. The number of allylic oxidation sites excluding steroid dienone is 1. The van der Waals surface area contributed by atoms with Crippen molar-refractivity contribution in [1.29, 1.82) is 0 Å². The summed E-state index contributed by atoms with van der Waals surface area (Å²) in [4.78, 5) is 22.7. The Labute approximate surface area is 89.2 Å². The third kappa shape index (κ3) is 3.08. The van der Waals surface area contributed by atoms with Crippen molar-refractivity contribution in [3.63, 3.8) is 0 Å². The van der Waals surface area contributed by atoms with E-state index in [9.17, 15) is 9.59 Å². The van der Waals surface area contributed by atoms with Crippen LogP contribution in [0.2, 0.25) is 0 Å². The fourth-order valence-corrected chi connectivity index (χ4v) is 1.49. The van der Waals surface area contributed by atoms with Crippen molar-refractivity contribution in [2.75, 3.05) is 7.11 Å². The molecule has 0 amide bonds. The molecule has 84 valence electrons. The molecule has 0 aromatic rings. The summed E-state index contributed by atoms with van der Waals surface area (Å²) in [5.41, 5.74) is 0.678. The van der Waals surface area contributed by atoms with Crippen LogP contribution in [0.1, 0.15) is 32.6 Å². The molecule has 0 radical (unpaired) electrons. The van der Waals surface area contributed by atoms with E-state index in [1.165, 1.54) is 7.11 Å². The van der Waals surface area contributed by atoms with Gasteiger partial charge in [-0.3, -0.25) is 0 Å². The van der Waals surface area contributed by atoms with Gasteiger partial charge in [0.05, 0.1) is 7.11 Å². The van der Waals surface area contributed by atoms with Crippen molar-refractivity contribution in [1.82, 2.24) is 0 Å². The molecule has 4 nitrogen and oxygen atoms in total. The van der Waals surface area contributed by atoms with E-state index in [-0.39, 0.29) is 5.97 Å². The van der Waals surface area contributed by atoms with Crippen molar-refractivity contribution in [3.8, 4) is 0 Å². The van der Waals surface area contributed by atoms with Gasteiger partial charge in [0, 0.05) is 5.57 Å². The van der Waals surface area contributed by atoms with Crippen LogP contribution in [0.25, 0.3) is 0 Å².